The van der Waals surface area contributed by atoms with Gasteiger partial charge in [-0.25, -0.2) is 12.8 Å². The maximum atomic E-state index is 12.8. The number of nitrogens with one attached hydrogen (secondary N) is 1. The van der Waals surface area contributed by atoms with Crippen LogP contribution in [-0.2, 0) is 10.0 Å². The molecule has 1 fully saturated rings. The van der Waals surface area contributed by atoms with Gasteiger partial charge in [-0.15, -0.1) is 0 Å². The Labute approximate surface area is 107 Å². The summed E-state index contributed by atoms with van der Waals surface area (Å²) in [5, 5.41) is 3.24. The molecule has 0 aromatic heterocycles. The van der Waals surface area contributed by atoms with Gasteiger partial charge < -0.3 is 5.32 Å². The van der Waals surface area contributed by atoms with E-state index in [1.807, 2.05) is 6.92 Å². The van der Waals surface area contributed by atoms with Crippen LogP contribution in [0.25, 0.3) is 0 Å². The van der Waals surface area contributed by atoms with Crippen molar-refractivity contribution in [3.63, 3.8) is 0 Å². The van der Waals surface area contributed by atoms with Crippen molar-refractivity contribution in [3.8, 4) is 0 Å². The molecule has 1 N–H and O–H groups in total. The third-order valence-corrected chi connectivity index (χ3v) is 4.89. The van der Waals surface area contributed by atoms with Gasteiger partial charge in [0.25, 0.3) is 0 Å². The van der Waals surface area contributed by atoms with E-state index < -0.39 is 15.8 Å². The van der Waals surface area contributed by atoms with E-state index >= 15 is 0 Å². The summed E-state index contributed by atoms with van der Waals surface area (Å²) in [7, 11) is -3.51. The molecule has 1 unspecified atom stereocenters. The topological polar surface area (TPSA) is 49.4 Å². The molecular weight excluding hydrogens is 255 g/mol. The van der Waals surface area contributed by atoms with Crippen LogP contribution in [-0.4, -0.2) is 38.4 Å². The molecule has 0 bridgehead atoms. The fourth-order valence-electron chi connectivity index (χ4n) is 2.04. The molecule has 0 amide bonds. The van der Waals surface area contributed by atoms with Gasteiger partial charge in [0.2, 0.25) is 10.0 Å². The number of rotatable bonds is 2. The summed E-state index contributed by atoms with van der Waals surface area (Å²) >= 11 is 0. The summed E-state index contributed by atoms with van der Waals surface area (Å²) < 4.78 is 39.0. The zero-order chi connectivity index (χ0) is 13.2. The Morgan fingerprint density at radius 1 is 1.33 bits per heavy atom. The molecule has 100 valence electrons. The number of hydrogen-bond acceptors (Lipinski definition) is 3. The van der Waals surface area contributed by atoms with Crippen LogP contribution in [0.15, 0.2) is 29.2 Å². The van der Waals surface area contributed by atoms with Crippen LogP contribution in [0.4, 0.5) is 4.39 Å². The predicted octanol–water partition coefficient (Wildman–Crippen LogP) is 1.20. The zero-order valence-corrected chi connectivity index (χ0v) is 11.1. The van der Waals surface area contributed by atoms with Crippen LogP contribution >= 0.6 is 0 Å². The Kier molecular flexibility index (Phi) is 3.99. The van der Waals surface area contributed by atoms with Gasteiger partial charge in [0.05, 0.1) is 4.90 Å². The highest BCUT2D eigenvalue weighted by Gasteiger charge is 2.27. The minimum Gasteiger partial charge on any atom is -0.313 e. The third kappa shape index (κ3) is 2.88. The van der Waals surface area contributed by atoms with Gasteiger partial charge in [0.1, 0.15) is 5.82 Å². The quantitative estimate of drug-likeness (QED) is 0.880. The first-order chi connectivity index (χ1) is 8.50. The summed E-state index contributed by atoms with van der Waals surface area (Å²) in [6, 6.07) is 5.10. The second kappa shape index (κ2) is 5.34. The van der Waals surface area contributed by atoms with Crippen molar-refractivity contribution in [3.05, 3.63) is 30.1 Å². The second-order valence-electron chi connectivity index (χ2n) is 4.53. The maximum absolute atomic E-state index is 12.8. The third-order valence-electron chi connectivity index (χ3n) is 3.01. The second-order valence-corrected chi connectivity index (χ2v) is 6.46. The molecule has 2 rings (SSSR count). The Morgan fingerprint density at radius 2 is 2.00 bits per heavy atom. The van der Waals surface area contributed by atoms with Crippen LogP contribution in [0.5, 0.6) is 0 Å². The van der Waals surface area contributed by atoms with Gasteiger partial charge in [0.15, 0.2) is 0 Å². The van der Waals surface area contributed by atoms with Gasteiger partial charge in [-0.2, -0.15) is 4.31 Å². The molecular formula is C12H17FN2O2S. The molecule has 1 aliphatic heterocycles. The number of sulfonamides is 1. The first kappa shape index (κ1) is 13.5. The van der Waals surface area contributed by atoms with Crippen molar-refractivity contribution < 1.29 is 12.8 Å². The smallest absolute Gasteiger partial charge is 0.243 e. The number of hydrogen-bond donors (Lipinski definition) is 1. The summed E-state index contributed by atoms with van der Waals surface area (Å²) in [6.45, 7) is 3.71. The lowest BCUT2D eigenvalue weighted by atomic mass is 10.3. The molecule has 1 aromatic rings. The van der Waals surface area contributed by atoms with E-state index in [2.05, 4.69) is 5.32 Å². The molecule has 1 aromatic carbocycles. The van der Waals surface area contributed by atoms with Crippen LogP contribution in [0.1, 0.15) is 13.3 Å². The van der Waals surface area contributed by atoms with Gasteiger partial charge in [-0.1, -0.05) is 0 Å². The first-order valence-electron chi connectivity index (χ1n) is 5.99. The van der Waals surface area contributed by atoms with Crippen molar-refractivity contribution in [2.75, 3.05) is 19.6 Å². The molecule has 0 saturated carbocycles. The molecule has 1 atom stereocenters. The van der Waals surface area contributed by atoms with Crippen LogP contribution in [0, 0.1) is 5.82 Å². The summed E-state index contributed by atoms with van der Waals surface area (Å²) in [6.07, 6.45) is 0.783. The SMILES string of the molecule is CC1CN(S(=O)(=O)c2ccc(F)cc2)CCCN1. The van der Waals surface area contributed by atoms with Gasteiger partial charge >= 0.3 is 0 Å². The van der Waals surface area contributed by atoms with E-state index in [0.29, 0.717) is 13.1 Å². The summed E-state index contributed by atoms with van der Waals surface area (Å²) in [5.74, 6) is -0.431. The van der Waals surface area contributed by atoms with E-state index in [4.69, 9.17) is 0 Å². The minimum absolute atomic E-state index is 0.128. The standard InChI is InChI=1S/C12H17FN2O2S/c1-10-9-15(8-2-7-14-10)18(16,17)12-5-3-11(13)4-6-12/h3-6,10,14H,2,7-9H2,1H3. The van der Waals surface area contributed by atoms with Crippen molar-refractivity contribution in [1.82, 2.24) is 9.62 Å². The normalized spacial score (nSPS) is 22.7. The fourth-order valence-corrected chi connectivity index (χ4v) is 3.61. The van der Waals surface area contributed by atoms with Crippen LogP contribution in [0.2, 0.25) is 0 Å². The summed E-state index contributed by atoms with van der Waals surface area (Å²) in [5.41, 5.74) is 0. The van der Waals surface area contributed by atoms with Crippen LogP contribution in [0.3, 0.4) is 0 Å². The Balaban J connectivity index is 2.26. The van der Waals surface area contributed by atoms with E-state index in [-0.39, 0.29) is 10.9 Å². The molecule has 0 aliphatic carbocycles. The molecule has 1 aliphatic rings. The lowest BCUT2D eigenvalue weighted by molar-refractivity contribution is 0.403. The fraction of sp³-hybridized carbons (Fsp3) is 0.500. The van der Waals surface area contributed by atoms with E-state index in [0.717, 1.165) is 13.0 Å². The van der Waals surface area contributed by atoms with Crippen molar-refractivity contribution in [2.24, 2.45) is 0 Å². The highest BCUT2D eigenvalue weighted by Crippen LogP contribution is 2.17. The molecule has 0 radical (unpaired) electrons. The average Bonchev–Trinajstić information content (AvgIpc) is 2.55. The number of halogens is 1. The molecule has 4 nitrogen and oxygen atoms in total. The molecule has 6 heteroatoms. The van der Waals surface area contributed by atoms with Crippen LogP contribution < -0.4 is 5.32 Å². The van der Waals surface area contributed by atoms with Gasteiger partial charge in [0, 0.05) is 19.1 Å². The number of nitrogens with zero attached hydrogens (tertiary/aromatic N) is 1. The molecule has 1 saturated heterocycles. The minimum atomic E-state index is -3.51. The predicted molar refractivity (Wildman–Crippen MR) is 67.2 cm³/mol. The Morgan fingerprint density at radius 3 is 2.67 bits per heavy atom. The zero-order valence-electron chi connectivity index (χ0n) is 10.3. The van der Waals surface area contributed by atoms with Crippen molar-refractivity contribution in [2.45, 2.75) is 24.3 Å². The van der Waals surface area contributed by atoms with Gasteiger partial charge in [-0.05, 0) is 44.2 Å². The number of benzene rings is 1. The molecule has 18 heavy (non-hydrogen) atoms. The van der Waals surface area contributed by atoms with E-state index in [1.165, 1.54) is 28.6 Å². The van der Waals surface area contributed by atoms with E-state index in [9.17, 15) is 12.8 Å². The lowest BCUT2D eigenvalue weighted by Crippen LogP contribution is -2.38. The lowest BCUT2D eigenvalue weighted by Gasteiger charge is -2.22. The monoisotopic (exact) mass is 272 g/mol. The van der Waals surface area contributed by atoms with Gasteiger partial charge in [-0.3, -0.25) is 0 Å². The van der Waals surface area contributed by atoms with E-state index in [1.54, 1.807) is 0 Å². The molecule has 1 heterocycles. The molecule has 0 spiro atoms. The largest absolute Gasteiger partial charge is 0.313 e. The maximum Gasteiger partial charge on any atom is 0.243 e. The first-order valence-corrected chi connectivity index (χ1v) is 7.43. The Bertz CT molecular complexity index is 501. The van der Waals surface area contributed by atoms with Crippen molar-refractivity contribution in [1.29, 1.82) is 0 Å². The summed E-state index contributed by atoms with van der Waals surface area (Å²) in [4.78, 5) is 0.151. The van der Waals surface area contributed by atoms with Crippen molar-refractivity contribution >= 4 is 10.0 Å². The highest BCUT2D eigenvalue weighted by atomic mass is 32.2. The highest BCUT2D eigenvalue weighted by molar-refractivity contribution is 7.89. The average molecular weight is 272 g/mol. The Hall–Kier alpha value is -0.980.